The summed E-state index contributed by atoms with van der Waals surface area (Å²) in [5, 5.41) is 3.01. The second-order valence-corrected chi connectivity index (χ2v) is 8.96. The Morgan fingerprint density at radius 3 is 2.22 bits per heavy atom. The summed E-state index contributed by atoms with van der Waals surface area (Å²) in [4.78, 5) is 26.1. The number of hydrogen-bond acceptors (Lipinski definition) is 3. The highest BCUT2D eigenvalue weighted by Crippen LogP contribution is 2.26. The maximum Gasteiger partial charge on any atom is 0.362 e. The van der Waals surface area contributed by atoms with Crippen molar-refractivity contribution in [1.29, 1.82) is 0 Å². The quantitative estimate of drug-likeness (QED) is 0.491. The summed E-state index contributed by atoms with van der Waals surface area (Å²) in [5.41, 5.74) is 2.96. The summed E-state index contributed by atoms with van der Waals surface area (Å²) >= 11 is 0. The van der Waals surface area contributed by atoms with Crippen LogP contribution in [0.1, 0.15) is 49.3 Å². The Morgan fingerprint density at radius 1 is 1.03 bits per heavy atom. The lowest BCUT2D eigenvalue weighted by Gasteiger charge is -2.41. The molecule has 0 aromatic heterocycles. The lowest BCUT2D eigenvalue weighted by atomic mass is 10.1. The maximum absolute atomic E-state index is 13.7. The van der Waals surface area contributed by atoms with Gasteiger partial charge in [0.15, 0.2) is 12.6 Å². The van der Waals surface area contributed by atoms with Crippen molar-refractivity contribution in [3.05, 3.63) is 65.0 Å². The van der Waals surface area contributed by atoms with Crippen LogP contribution in [0.2, 0.25) is 0 Å². The number of amides is 1. The molecule has 32 heavy (non-hydrogen) atoms. The third-order valence-electron chi connectivity index (χ3n) is 6.59. The summed E-state index contributed by atoms with van der Waals surface area (Å²) in [6.07, 6.45) is 4.14. The molecule has 1 fully saturated rings. The zero-order valence-corrected chi connectivity index (χ0v) is 19.3. The number of halogens is 1. The second-order valence-electron chi connectivity index (χ2n) is 8.96. The standard InChI is InChI=1S/C26H33FN2O3/c1-19-15-23(27)16-20(2)25(19)28-26(31)21(3)29(13-9-4-5-10-14-29)17-24(30)32-18-22-11-7-6-8-12-22/h6-8,11-12,15-16,21H,4-5,9-10,13-14,17-18H2,1-3H3/p+1. The highest BCUT2D eigenvalue weighted by atomic mass is 19.1. The molecule has 2 aromatic rings. The van der Waals surface area contributed by atoms with E-state index in [1.165, 1.54) is 12.1 Å². The normalized spacial score (nSPS) is 16.6. The van der Waals surface area contributed by atoms with E-state index in [2.05, 4.69) is 5.32 Å². The first-order valence-corrected chi connectivity index (χ1v) is 11.4. The van der Waals surface area contributed by atoms with E-state index in [1.807, 2.05) is 37.3 Å². The highest BCUT2D eigenvalue weighted by molar-refractivity contribution is 5.95. The third kappa shape index (κ3) is 5.94. The number of benzene rings is 2. The number of nitrogens with zero attached hydrogens (tertiary/aromatic N) is 1. The van der Waals surface area contributed by atoms with Gasteiger partial charge in [-0.25, -0.2) is 9.18 Å². The summed E-state index contributed by atoms with van der Waals surface area (Å²) < 4.78 is 19.6. The topological polar surface area (TPSA) is 55.4 Å². The molecule has 172 valence electrons. The molecule has 5 nitrogen and oxygen atoms in total. The Bertz CT molecular complexity index is 914. The Kier molecular flexibility index (Phi) is 8.02. The van der Waals surface area contributed by atoms with Crippen LogP contribution in [0.3, 0.4) is 0 Å². The number of ether oxygens (including phenoxy) is 1. The van der Waals surface area contributed by atoms with E-state index in [1.54, 1.807) is 13.8 Å². The predicted octanol–water partition coefficient (Wildman–Crippen LogP) is 4.90. The number of hydrogen-bond donors (Lipinski definition) is 1. The van der Waals surface area contributed by atoms with Crippen molar-refractivity contribution in [3.63, 3.8) is 0 Å². The van der Waals surface area contributed by atoms with Crippen molar-refractivity contribution in [2.45, 2.75) is 59.1 Å². The molecular formula is C26H34FN2O3+. The number of carbonyl (C=O) groups is 2. The van der Waals surface area contributed by atoms with Crippen LogP contribution in [0.5, 0.6) is 0 Å². The van der Waals surface area contributed by atoms with Crippen molar-refractivity contribution in [2.24, 2.45) is 0 Å². The van der Waals surface area contributed by atoms with Crippen LogP contribution in [0, 0.1) is 19.7 Å². The van der Waals surface area contributed by atoms with Gasteiger partial charge in [0.1, 0.15) is 12.4 Å². The molecule has 1 N–H and O–H groups in total. The number of aryl methyl sites for hydroxylation is 2. The van der Waals surface area contributed by atoms with Crippen LogP contribution in [0.25, 0.3) is 0 Å². The number of carbonyl (C=O) groups excluding carboxylic acids is 2. The summed E-state index contributed by atoms with van der Waals surface area (Å²) in [6.45, 7) is 7.38. The smallest absolute Gasteiger partial charge is 0.362 e. The van der Waals surface area contributed by atoms with Gasteiger partial charge in [0, 0.05) is 5.69 Å². The Balaban J connectivity index is 1.74. The number of nitrogens with one attached hydrogen (secondary N) is 1. The Labute approximate surface area is 190 Å². The average Bonchev–Trinajstić information content (AvgIpc) is 3.01. The first-order chi connectivity index (χ1) is 15.3. The van der Waals surface area contributed by atoms with E-state index in [4.69, 9.17) is 4.74 Å². The van der Waals surface area contributed by atoms with Crippen LogP contribution >= 0.6 is 0 Å². The van der Waals surface area contributed by atoms with Crippen molar-refractivity contribution in [2.75, 3.05) is 25.0 Å². The molecule has 0 aliphatic carbocycles. The minimum absolute atomic E-state index is 0.152. The van der Waals surface area contributed by atoms with Crippen LogP contribution in [0.15, 0.2) is 42.5 Å². The molecule has 0 saturated carbocycles. The predicted molar refractivity (Wildman–Crippen MR) is 124 cm³/mol. The molecule has 3 rings (SSSR count). The summed E-state index contributed by atoms with van der Waals surface area (Å²) in [5.74, 6) is -0.756. The van der Waals surface area contributed by atoms with E-state index in [-0.39, 0.29) is 30.8 Å². The lowest BCUT2D eigenvalue weighted by Crippen LogP contribution is -2.61. The zero-order chi connectivity index (χ0) is 23.1. The Morgan fingerprint density at radius 2 is 1.62 bits per heavy atom. The molecule has 0 spiro atoms. The molecule has 0 radical (unpaired) electrons. The third-order valence-corrected chi connectivity index (χ3v) is 6.59. The number of esters is 1. The van der Waals surface area contributed by atoms with Gasteiger partial charge in [0.05, 0.1) is 13.1 Å². The van der Waals surface area contributed by atoms with Gasteiger partial charge >= 0.3 is 5.97 Å². The van der Waals surface area contributed by atoms with Gasteiger partial charge in [-0.3, -0.25) is 4.79 Å². The van der Waals surface area contributed by atoms with Gasteiger partial charge in [-0.1, -0.05) is 30.3 Å². The van der Waals surface area contributed by atoms with E-state index < -0.39 is 6.04 Å². The molecular weight excluding hydrogens is 407 g/mol. The largest absolute Gasteiger partial charge is 0.457 e. The fraction of sp³-hybridized carbons (Fsp3) is 0.462. The van der Waals surface area contributed by atoms with E-state index in [0.717, 1.165) is 44.3 Å². The highest BCUT2D eigenvalue weighted by Gasteiger charge is 2.41. The van der Waals surface area contributed by atoms with E-state index in [0.29, 0.717) is 21.3 Å². The average molecular weight is 442 g/mol. The fourth-order valence-corrected chi connectivity index (χ4v) is 4.63. The van der Waals surface area contributed by atoms with Crippen LogP contribution in [-0.2, 0) is 20.9 Å². The van der Waals surface area contributed by atoms with Crippen molar-refractivity contribution < 1.29 is 23.2 Å². The van der Waals surface area contributed by atoms with Gasteiger partial charge in [-0.05, 0) is 75.3 Å². The number of likely N-dealkylation sites (tertiary alicyclic amines) is 1. The van der Waals surface area contributed by atoms with Crippen LogP contribution < -0.4 is 5.32 Å². The second kappa shape index (κ2) is 10.7. The van der Waals surface area contributed by atoms with Crippen molar-refractivity contribution >= 4 is 17.6 Å². The first-order valence-electron chi connectivity index (χ1n) is 11.4. The Hall–Kier alpha value is -2.73. The van der Waals surface area contributed by atoms with Crippen molar-refractivity contribution in [1.82, 2.24) is 0 Å². The molecule has 1 unspecified atom stereocenters. The molecule has 0 bridgehead atoms. The maximum atomic E-state index is 13.7. The van der Waals surface area contributed by atoms with Gasteiger partial charge < -0.3 is 14.5 Å². The van der Waals surface area contributed by atoms with Crippen LogP contribution in [0.4, 0.5) is 10.1 Å². The first kappa shape index (κ1) is 23.9. The SMILES string of the molecule is Cc1cc(F)cc(C)c1NC(=O)C(C)[N+]1(CC(=O)OCc2ccccc2)CCCCCC1. The van der Waals surface area contributed by atoms with Gasteiger partial charge in [-0.15, -0.1) is 0 Å². The number of rotatable bonds is 7. The number of quaternary nitrogens is 1. The molecule has 2 aromatic carbocycles. The summed E-state index contributed by atoms with van der Waals surface area (Å²) in [7, 11) is 0. The minimum Gasteiger partial charge on any atom is -0.457 e. The molecule has 1 heterocycles. The van der Waals surface area contributed by atoms with E-state index in [9.17, 15) is 14.0 Å². The lowest BCUT2D eigenvalue weighted by molar-refractivity contribution is -0.933. The van der Waals surface area contributed by atoms with Gasteiger partial charge in [0.25, 0.3) is 5.91 Å². The van der Waals surface area contributed by atoms with Crippen molar-refractivity contribution in [3.8, 4) is 0 Å². The van der Waals surface area contributed by atoms with E-state index >= 15 is 0 Å². The minimum atomic E-state index is -0.429. The summed E-state index contributed by atoms with van der Waals surface area (Å²) in [6, 6.07) is 12.0. The molecule has 1 atom stereocenters. The van der Waals surface area contributed by atoms with Gasteiger partial charge in [-0.2, -0.15) is 0 Å². The monoisotopic (exact) mass is 441 g/mol. The fourth-order valence-electron chi connectivity index (χ4n) is 4.63. The van der Waals surface area contributed by atoms with Crippen LogP contribution in [-0.4, -0.2) is 42.0 Å². The zero-order valence-electron chi connectivity index (χ0n) is 19.3. The molecule has 1 amide bonds. The molecule has 1 aliphatic rings. The molecule has 6 heteroatoms. The van der Waals surface area contributed by atoms with Gasteiger partial charge in [0.2, 0.25) is 0 Å². The number of anilines is 1. The molecule has 1 aliphatic heterocycles. The molecule has 1 saturated heterocycles.